The van der Waals surface area contributed by atoms with Gasteiger partial charge < -0.3 is 0 Å². The van der Waals surface area contributed by atoms with Crippen molar-refractivity contribution in [1.82, 2.24) is 0 Å². The monoisotopic (exact) mass is 266 g/mol. The highest BCUT2D eigenvalue weighted by atomic mass is 16.1. The molecule has 2 heteroatoms. The summed E-state index contributed by atoms with van der Waals surface area (Å²) >= 11 is 0. The summed E-state index contributed by atoms with van der Waals surface area (Å²) in [5.41, 5.74) is 4.61. The highest BCUT2D eigenvalue weighted by molar-refractivity contribution is 6.02. The molecule has 0 saturated heterocycles. The van der Waals surface area contributed by atoms with E-state index in [0.29, 0.717) is 0 Å². The Balaban J connectivity index is 2.50. The molecule has 2 rings (SSSR count). The molecule has 0 aromatic carbocycles. The first-order valence-corrected chi connectivity index (χ1v) is 6.92. The molecule has 0 atom stereocenters. The van der Waals surface area contributed by atoms with Gasteiger partial charge in [0.25, 0.3) is 0 Å². The number of carbonyl (C=O) groups is 2. The lowest BCUT2D eigenvalue weighted by atomic mass is 9.88. The molecule has 0 bridgehead atoms. The summed E-state index contributed by atoms with van der Waals surface area (Å²) in [5, 5.41) is 0. The van der Waals surface area contributed by atoms with Crippen LogP contribution in [0.25, 0.3) is 0 Å². The van der Waals surface area contributed by atoms with Gasteiger partial charge in [0.15, 0.2) is 11.6 Å². The van der Waals surface area contributed by atoms with Crippen molar-refractivity contribution < 1.29 is 9.59 Å². The Labute approximate surface area is 119 Å². The van der Waals surface area contributed by atoms with Gasteiger partial charge in [-0.05, 0) is 59.4 Å². The molecule has 0 saturated carbocycles. The molecule has 0 spiro atoms. The minimum Gasteiger partial charge on any atom is -0.290 e. The molecule has 0 fully saturated rings. The van der Waals surface area contributed by atoms with Crippen LogP contribution in [-0.2, 0) is 9.59 Å². The van der Waals surface area contributed by atoms with E-state index >= 15 is 0 Å². The number of carbonyl (C=O) groups excluding carboxylic acids is 2. The molecule has 0 aliphatic heterocycles. The molecular formula is C18H18O2. The van der Waals surface area contributed by atoms with Crippen molar-refractivity contribution >= 4 is 11.6 Å². The molecule has 20 heavy (non-hydrogen) atoms. The topological polar surface area (TPSA) is 34.1 Å². The third-order valence-electron chi connectivity index (χ3n) is 3.48. The van der Waals surface area contributed by atoms with E-state index in [0.717, 1.165) is 24.0 Å². The summed E-state index contributed by atoms with van der Waals surface area (Å²) in [6.07, 6.45) is 15.7. The number of rotatable bonds is 3. The molecule has 2 nitrogen and oxygen atoms in total. The normalized spacial score (nSPS) is 17.1. The Hall–Kier alpha value is -2.22. The maximum Gasteiger partial charge on any atom is 0.178 e. The van der Waals surface area contributed by atoms with Crippen LogP contribution in [0.3, 0.4) is 0 Å². The molecule has 0 amide bonds. The van der Waals surface area contributed by atoms with E-state index in [2.05, 4.69) is 13.8 Å². The molecule has 0 radical (unpaired) electrons. The first-order valence-electron chi connectivity index (χ1n) is 6.92. The van der Waals surface area contributed by atoms with E-state index in [1.807, 2.05) is 24.3 Å². The predicted molar refractivity (Wildman–Crippen MR) is 81.2 cm³/mol. The quantitative estimate of drug-likeness (QED) is 0.778. The first-order chi connectivity index (χ1) is 9.65. The van der Waals surface area contributed by atoms with Crippen LogP contribution in [0.2, 0.25) is 0 Å². The predicted octanol–water partition coefficient (Wildman–Crippen LogP) is 3.79. The van der Waals surface area contributed by atoms with E-state index < -0.39 is 0 Å². The van der Waals surface area contributed by atoms with Gasteiger partial charge in [-0.1, -0.05) is 38.2 Å². The van der Waals surface area contributed by atoms with Crippen molar-refractivity contribution in [3.63, 3.8) is 0 Å². The zero-order valence-electron chi connectivity index (χ0n) is 11.8. The van der Waals surface area contributed by atoms with Gasteiger partial charge in [0.05, 0.1) is 0 Å². The highest BCUT2D eigenvalue weighted by Crippen LogP contribution is 2.29. The zero-order valence-corrected chi connectivity index (χ0v) is 11.8. The van der Waals surface area contributed by atoms with Crippen LogP contribution in [0.15, 0.2) is 70.9 Å². The van der Waals surface area contributed by atoms with Crippen molar-refractivity contribution in [1.29, 1.82) is 0 Å². The van der Waals surface area contributed by atoms with Gasteiger partial charge in [-0.15, -0.1) is 0 Å². The molecule has 0 aromatic heterocycles. The second-order valence-electron chi connectivity index (χ2n) is 4.71. The maximum absolute atomic E-state index is 11.2. The number of hydrogen-bond donors (Lipinski definition) is 0. The third kappa shape index (κ3) is 3.02. The Morgan fingerprint density at radius 3 is 1.20 bits per heavy atom. The molecule has 2 aliphatic rings. The van der Waals surface area contributed by atoms with Crippen molar-refractivity contribution in [3.05, 3.63) is 70.9 Å². The largest absolute Gasteiger partial charge is 0.290 e. The van der Waals surface area contributed by atoms with E-state index in [9.17, 15) is 9.59 Å². The van der Waals surface area contributed by atoms with Crippen molar-refractivity contribution in [3.8, 4) is 0 Å². The first kappa shape index (κ1) is 14.2. The second kappa shape index (κ2) is 6.29. The van der Waals surface area contributed by atoms with Crippen LogP contribution >= 0.6 is 0 Å². The Kier molecular flexibility index (Phi) is 4.46. The van der Waals surface area contributed by atoms with Crippen LogP contribution in [0.5, 0.6) is 0 Å². The van der Waals surface area contributed by atoms with E-state index in [1.54, 1.807) is 24.3 Å². The summed E-state index contributed by atoms with van der Waals surface area (Å²) in [6, 6.07) is 0. The Morgan fingerprint density at radius 1 is 0.650 bits per heavy atom. The fourth-order valence-electron chi connectivity index (χ4n) is 2.50. The van der Waals surface area contributed by atoms with Crippen molar-refractivity contribution in [2.75, 3.05) is 0 Å². The van der Waals surface area contributed by atoms with Crippen LogP contribution in [-0.4, -0.2) is 11.6 Å². The average Bonchev–Trinajstić information content (AvgIpc) is 2.47. The Morgan fingerprint density at radius 2 is 0.950 bits per heavy atom. The summed E-state index contributed by atoms with van der Waals surface area (Å²) < 4.78 is 0. The molecule has 0 unspecified atom stereocenters. The molecule has 0 N–H and O–H groups in total. The van der Waals surface area contributed by atoms with Gasteiger partial charge in [0.1, 0.15) is 0 Å². The van der Waals surface area contributed by atoms with Crippen LogP contribution in [0, 0.1) is 0 Å². The summed E-state index contributed by atoms with van der Waals surface area (Å²) in [6.45, 7) is 4.22. The van der Waals surface area contributed by atoms with Crippen molar-refractivity contribution in [2.24, 2.45) is 0 Å². The number of ketones is 2. The summed E-state index contributed by atoms with van der Waals surface area (Å²) in [4.78, 5) is 22.5. The lowest BCUT2D eigenvalue weighted by molar-refractivity contribution is -0.111. The standard InChI is InChI=1S/C18H18O2/c1-3-17(13-5-9-15(19)10-6-13)18(4-2)14-7-11-16(20)12-8-14/h5-12H,3-4H2,1-2H3. The highest BCUT2D eigenvalue weighted by Gasteiger charge is 2.12. The Bertz CT molecular complexity index is 528. The van der Waals surface area contributed by atoms with Crippen LogP contribution in [0.4, 0.5) is 0 Å². The molecule has 0 heterocycles. The minimum atomic E-state index is 0.0259. The lowest BCUT2D eigenvalue weighted by Crippen LogP contribution is -2.01. The average molecular weight is 266 g/mol. The molecule has 2 aliphatic carbocycles. The number of hydrogen-bond acceptors (Lipinski definition) is 2. The fraction of sp³-hybridized carbons (Fsp3) is 0.222. The van der Waals surface area contributed by atoms with Gasteiger partial charge in [0, 0.05) is 0 Å². The van der Waals surface area contributed by atoms with Crippen molar-refractivity contribution in [2.45, 2.75) is 26.7 Å². The fourth-order valence-corrected chi connectivity index (χ4v) is 2.50. The zero-order chi connectivity index (χ0) is 14.5. The van der Waals surface area contributed by atoms with E-state index in [1.165, 1.54) is 11.1 Å². The molecule has 0 aromatic rings. The lowest BCUT2D eigenvalue weighted by Gasteiger charge is -2.16. The molecular weight excluding hydrogens is 248 g/mol. The smallest absolute Gasteiger partial charge is 0.178 e. The number of allylic oxidation sites excluding steroid dienone is 12. The second-order valence-corrected chi connectivity index (χ2v) is 4.71. The van der Waals surface area contributed by atoms with Gasteiger partial charge >= 0.3 is 0 Å². The van der Waals surface area contributed by atoms with Gasteiger partial charge in [0.2, 0.25) is 0 Å². The SMILES string of the molecule is CCC(=C1C=CC(=O)C=C1)C(CC)=C1C=CC(=O)C=C1. The van der Waals surface area contributed by atoms with Gasteiger partial charge in [-0.25, -0.2) is 0 Å². The van der Waals surface area contributed by atoms with E-state index in [-0.39, 0.29) is 11.6 Å². The summed E-state index contributed by atoms with van der Waals surface area (Å²) in [5.74, 6) is 0.0518. The third-order valence-corrected chi connectivity index (χ3v) is 3.48. The van der Waals surface area contributed by atoms with Crippen LogP contribution in [0.1, 0.15) is 26.7 Å². The minimum absolute atomic E-state index is 0.0259. The van der Waals surface area contributed by atoms with E-state index in [4.69, 9.17) is 0 Å². The molecule has 102 valence electrons. The van der Waals surface area contributed by atoms with Crippen LogP contribution < -0.4 is 0 Å². The summed E-state index contributed by atoms with van der Waals surface area (Å²) in [7, 11) is 0. The van der Waals surface area contributed by atoms with Gasteiger partial charge in [-0.3, -0.25) is 9.59 Å². The maximum atomic E-state index is 11.2. The van der Waals surface area contributed by atoms with Gasteiger partial charge in [-0.2, -0.15) is 0 Å².